The first kappa shape index (κ1) is 18.9. The average molecular weight is 422 g/mol. The van der Waals surface area contributed by atoms with Gasteiger partial charge in [0.15, 0.2) is 0 Å². The number of hydrogen-bond acceptors (Lipinski definition) is 4. The van der Waals surface area contributed by atoms with E-state index in [2.05, 4.69) is 12.1 Å². The summed E-state index contributed by atoms with van der Waals surface area (Å²) in [6.45, 7) is 0. The summed E-state index contributed by atoms with van der Waals surface area (Å²) in [5, 5.41) is 22.8. The number of carbonyl (C=O) groups excluding carboxylic acids is 2. The normalized spacial score (nSPS) is 17.5. The van der Waals surface area contributed by atoms with E-state index in [4.69, 9.17) is 0 Å². The van der Waals surface area contributed by atoms with E-state index in [9.17, 15) is 20.1 Å². The van der Waals surface area contributed by atoms with Gasteiger partial charge in [0.05, 0.1) is 17.7 Å². The van der Waals surface area contributed by atoms with Crippen LogP contribution in [0.3, 0.4) is 0 Å². The highest BCUT2D eigenvalue weighted by molar-refractivity contribution is 6.59. The Morgan fingerprint density at radius 3 is 2.33 bits per heavy atom. The predicted molar refractivity (Wildman–Crippen MR) is 124 cm³/mol. The number of benzene rings is 4. The van der Waals surface area contributed by atoms with Gasteiger partial charge in [0, 0.05) is 16.5 Å². The number of Topliss-reactive ketones (excluding diaryl/α,β-unsaturated/α-hetero) is 2. The van der Waals surface area contributed by atoms with Gasteiger partial charge in [-0.1, -0.05) is 60.7 Å². The molecule has 1 unspecified atom stereocenters. The van der Waals surface area contributed by atoms with Gasteiger partial charge >= 0.3 is 0 Å². The third-order valence-corrected chi connectivity index (χ3v) is 6.56. The third kappa shape index (κ3) is 2.50. The van der Waals surface area contributed by atoms with Crippen molar-refractivity contribution in [3.8, 4) is 23.3 Å². The molecule has 0 N–H and O–H groups in total. The largest absolute Gasteiger partial charge is 0.285 e. The Morgan fingerprint density at radius 1 is 0.727 bits per heavy atom. The minimum Gasteiger partial charge on any atom is -0.285 e. The first-order valence-corrected chi connectivity index (χ1v) is 10.5. The molecule has 0 amide bonds. The summed E-state index contributed by atoms with van der Waals surface area (Å²) >= 11 is 0. The van der Waals surface area contributed by atoms with Crippen LogP contribution in [0.4, 0.5) is 0 Å². The second kappa shape index (κ2) is 6.85. The van der Waals surface area contributed by atoms with E-state index in [0.29, 0.717) is 21.7 Å². The van der Waals surface area contributed by atoms with Gasteiger partial charge < -0.3 is 0 Å². The number of hydrogen-bond donors (Lipinski definition) is 0. The molecule has 2 aliphatic rings. The van der Waals surface area contributed by atoms with E-state index in [1.54, 1.807) is 30.3 Å². The summed E-state index contributed by atoms with van der Waals surface area (Å²) in [4.78, 5) is 26.7. The molecule has 152 valence electrons. The van der Waals surface area contributed by atoms with Crippen LogP contribution in [0.2, 0.25) is 0 Å². The quantitative estimate of drug-likeness (QED) is 0.356. The monoisotopic (exact) mass is 422 g/mol. The third-order valence-electron chi connectivity index (χ3n) is 6.56. The Hall–Kier alpha value is -4.80. The zero-order valence-electron chi connectivity index (χ0n) is 17.3. The van der Waals surface area contributed by atoms with Crippen molar-refractivity contribution < 1.29 is 9.59 Å². The molecule has 0 fully saturated rings. The van der Waals surface area contributed by atoms with Crippen LogP contribution in [0.15, 0.2) is 72.8 Å². The number of nitriles is 2. The van der Waals surface area contributed by atoms with Gasteiger partial charge in [0.2, 0.25) is 11.6 Å². The zero-order valence-corrected chi connectivity index (χ0v) is 17.3. The lowest BCUT2D eigenvalue weighted by molar-refractivity contribution is -0.110. The van der Waals surface area contributed by atoms with Crippen LogP contribution in [0, 0.1) is 22.7 Å². The lowest BCUT2D eigenvalue weighted by Crippen LogP contribution is -2.37. The molecule has 4 heteroatoms. The van der Waals surface area contributed by atoms with Crippen molar-refractivity contribution in [2.45, 2.75) is 5.92 Å². The highest BCUT2D eigenvalue weighted by Gasteiger charge is 2.39. The summed E-state index contributed by atoms with van der Waals surface area (Å²) in [5.74, 6) is -2.28. The maximum Gasteiger partial charge on any atom is 0.233 e. The predicted octanol–water partition coefficient (Wildman–Crippen LogP) is 3.74. The van der Waals surface area contributed by atoms with E-state index >= 15 is 0 Å². The van der Waals surface area contributed by atoms with Crippen molar-refractivity contribution in [2.24, 2.45) is 0 Å². The summed E-state index contributed by atoms with van der Waals surface area (Å²) in [5.41, 5.74) is 4.25. The molecule has 4 aromatic rings. The Morgan fingerprint density at radius 2 is 1.52 bits per heavy atom. The van der Waals surface area contributed by atoms with Gasteiger partial charge in [-0.25, -0.2) is 0 Å². The SMILES string of the molecule is N#Cc1cccc2ccc3c(c12)C(C#N)C(=c1cccc2c1=Cc1ccccc1-2)C(=O)C3=O. The molecule has 4 nitrogen and oxygen atoms in total. The fourth-order valence-corrected chi connectivity index (χ4v) is 5.14. The fourth-order valence-electron chi connectivity index (χ4n) is 5.14. The summed E-state index contributed by atoms with van der Waals surface area (Å²) < 4.78 is 0. The van der Waals surface area contributed by atoms with Gasteiger partial charge in [-0.05, 0) is 56.3 Å². The summed E-state index contributed by atoms with van der Waals surface area (Å²) in [6.07, 6.45) is 2.00. The summed E-state index contributed by atoms with van der Waals surface area (Å²) in [6, 6.07) is 26.6. The molecule has 33 heavy (non-hydrogen) atoms. The molecule has 6 rings (SSSR count). The van der Waals surface area contributed by atoms with Crippen molar-refractivity contribution in [3.05, 3.63) is 105 Å². The molecule has 0 bridgehead atoms. The molecular formula is C29H14N2O2. The number of carbonyl (C=O) groups is 2. The Bertz CT molecular complexity index is 1780. The van der Waals surface area contributed by atoms with E-state index < -0.39 is 17.5 Å². The Labute approximate surface area is 188 Å². The van der Waals surface area contributed by atoms with Crippen LogP contribution in [0.1, 0.15) is 33.0 Å². The number of fused-ring (bicyclic) bond motifs is 6. The molecule has 0 saturated carbocycles. The zero-order chi connectivity index (χ0) is 22.7. The second-order valence-corrected chi connectivity index (χ2v) is 8.17. The average Bonchev–Trinajstić information content (AvgIpc) is 3.24. The van der Waals surface area contributed by atoms with Gasteiger partial charge in [-0.15, -0.1) is 0 Å². The molecule has 0 heterocycles. The fraction of sp³-hybridized carbons (Fsp3) is 0.0345. The molecule has 1 atom stereocenters. The van der Waals surface area contributed by atoms with E-state index in [1.807, 2.05) is 48.5 Å². The first-order valence-electron chi connectivity index (χ1n) is 10.5. The van der Waals surface area contributed by atoms with E-state index in [0.717, 1.165) is 27.3 Å². The Kier molecular flexibility index (Phi) is 3.93. The minimum absolute atomic E-state index is 0.177. The molecular weight excluding hydrogens is 408 g/mol. The van der Waals surface area contributed by atoms with Gasteiger partial charge in [-0.3, -0.25) is 9.59 Å². The maximum atomic E-state index is 13.4. The maximum absolute atomic E-state index is 13.4. The van der Waals surface area contributed by atoms with Crippen LogP contribution in [-0.4, -0.2) is 11.6 Å². The highest BCUT2D eigenvalue weighted by atomic mass is 16.2. The van der Waals surface area contributed by atoms with Crippen LogP contribution >= 0.6 is 0 Å². The van der Waals surface area contributed by atoms with Crippen LogP contribution in [-0.2, 0) is 4.79 Å². The standard InChI is InChI=1S/C29H14N2O2/c30-14-18-7-3-6-16-11-12-22-26(25(16)18)24(15-31)27(29(33)28(22)32)21-10-4-9-20-19-8-2-1-5-17(19)13-23(20)21/h1-13,24H. The first-order chi connectivity index (χ1) is 16.1. The molecule has 0 aromatic heterocycles. The molecule has 4 aromatic carbocycles. The smallest absolute Gasteiger partial charge is 0.233 e. The lowest BCUT2D eigenvalue weighted by Gasteiger charge is -2.24. The van der Waals surface area contributed by atoms with E-state index in [1.165, 1.54) is 0 Å². The molecule has 2 aliphatic carbocycles. The number of nitrogens with zero attached hydrogens (tertiary/aromatic N) is 2. The van der Waals surface area contributed by atoms with Crippen LogP contribution in [0.25, 0.3) is 33.5 Å². The van der Waals surface area contributed by atoms with E-state index in [-0.39, 0.29) is 11.1 Å². The topological polar surface area (TPSA) is 81.7 Å². The number of rotatable bonds is 0. The van der Waals surface area contributed by atoms with Crippen molar-refractivity contribution in [2.75, 3.05) is 0 Å². The van der Waals surface area contributed by atoms with Crippen LogP contribution < -0.4 is 10.4 Å². The lowest BCUT2D eigenvalue weighted by atomic mass is 9.74. The van der Waals surface area contributed by atoms with Crippen molar-refractivity contribution >= 4 is 34.0 Å². The minimum atomic E-state index is -0.966. The van der Waals surface area contributed by atoms with Crippen molar-refractivity contribution in [1.82, 2.24) is 0 Å². The molecule has 0 saturated heterocycles. The molecule has 0 aliphatic heterocycles. The van der Waals surface area contributed by atoms with Gasteiger partial charge in [-0.2, -0.15) is 10.5 Å². The van der Waals surface area contributed by atoms with Gasteiger partial charge in [0.1, 0.15) is 5.92 Å². The molecule has 0 spiro atoms. The second-order valence-electron chi connectivity index (χ2n) is 8.17. The van der Waals surface area contributed by atoms with Crippen LogP contribution in [0.5, 0.6) is 0 Å². The number of ketones is 2. The summed E-state index contributed by atoms with van der Waals surface area (Å²) in [7, 11) is 0. The highest BCUT2D eigenvalue weighted by Crippen LogP contribution is 2.40. The molecule has 0 radical (unpaired) electrons. The Balaban J connectivity index is 1.78. The van der Waals surface area contributed by atoms with Gasteiger partial charge in [0.25, 0.3) is 0 Å². The van der Waals surface area contributed by atoms with Crippen molar-refractivity contribution in [3.63, 3.8) is 0 Å². The van der Waals surface area contributed by atoms with Crippen molar-refractivity contribution in [1.29, 1.82) is 10.5 Å².